The van der Waals surface area contributed by atoms with Gasteiger partial charge in [-0.05, 0) is 11.5 Å². The standard InChI is InChI=1S/C6H10N2OS.BrH/c1-9-4-5-2-3-10-6(7)8-5;/h2-3,6H,4,7H2,1H3;1H/t6-;/m0./s1. The summed E-state index contributed by atoms with van der Waals surface area (Å²) in [5, 5.41) is 1.94. The fourth-order valence-electron chi connectivity index (χ4n) is 0.668. The Morgan fingerprint density at radius 2 is 2.55 bits per heavy atom. The molecule has 0 amide bonds. The number of ether oxygens (including phenoxy) is 1. The van der Waals surface area contributed by atoms with Gasteiger partial charge in [-0.25, -0.2) is 0 Å². The maximum atomic E-state index is 5.52. The lowest BCUT2D eigenvalue weighted by atomic mass is 10.4. The fraction of sp³-hybridized carbons (Fsp3) is 0.500. The Hall–Kier alpha value is 0.160. The van der Waals surface area contributed by atoms with Gasteiger partial charge in [0.25, 0.3) is 0 Å². The summed E-state index contributed by atoms with van der Waals surface area (Å²) < 4.78 is 4.88. The number of rotatable bonds is 2. The van der Waals surface area contributed by atoms with Gasteiger partial charge in [-0.1, -0.05) is 11.8 Å². The van der Waals surface area contributed by atoms with Crippen molar-refractivity contribution < 1.29 is 4.74 Å². The van der Waals surface area contributed by atoms with Gasteiger partial charge >= 0.3 is 0 Å². The Morgan fingerprint density at radius 3 is 3.09 bits per heavy atom. The normalized spacial score (nSPS) is 22.4. The molecule has 11 heavy (non-hydrogen) atoms. The summed E-state index contributed by atoms with van der Waals surface area (Å²) in [4.78, 5) is 4.12. The second-order valence-corrected chi connectivity index (χ2v) is 2.91. The number of nitrogens with zero attached hydrogens (tertiary/aromatic N) is 1. The Labute approximate surface area is 80.9 Å². The fourth-order valence-corrected chi connectivity index (χ4v) is 1.26. The van der Waals surface area contributed by atoms with Crippen LogP contribution in [0.15, 0.2) is 16.5 Å². The van der Waals surface area contributed by atoms with E-state index >= 15 is 0 Å². The lowest BCUT2D eigenvalue weighted by Crippen LogP contribution is -2.18. The van der Waals surface area contributed by atoms with Crippen LogP contribution >= 0.6 is 28.7 Å². The summed E-state index contributed by atoms with van der Waals surface area (Å²) in [5.74, 6) is 0. The van der Waals surface area contributed by atoms with Gasteiger partial charge in [0.1, 0.15) is 5.50 Å². The first-order chi connectivity index (χ1) is 4.83. The summed E-state index contributed by atoms with van der Waals surface area (Å²) in [6.07, 6.45) is 1.91. The molecule has 1 atom stereocenters. The molecule has 0 unspecified atom stereocenters. The van der Waals surface area contributed by atoms with Gasteiger partial charge in [-0.3, -0.25) is 4.99 Å². The van der Waals surface area contributed by atoms with Gasteiger partial charge in [-0.15, -0.1) is 17.0 Å². The highest BCUT2D eigenvalue weighted by Gasteiger charge is 2.04. The van der Waals surface area contributed by atoms with Crippen LogP contribution in [0.2, 0.25) is 0 Å². The van der Waals surface area contributed by atoms with Crippen molar-refractivity contribution in [2.45, 2.75) is 5.50 Å². The zero-order valence-electron chi connectivity index (χ0n) is 6.19. The predicted octanol–water partition coefficient (Wildman–Crippen LogP) is 1.15. The van der Waals surface area contributed by atoms with Crippen LogP contribution in [0.1, 0.15) is 0 Å². The Morgan fingerprint density at radius 1 is 1.82 bits per heavy atom. The minimum absolute atomic E-state index is 0. The molecular weight excluding hydrogens is 228 g/mol. The van der Waals surface area contributed by atoms with E-state index < -0.39 is 0 Å². The van der Waals surface area contributed by atoms with Gasteiger partial charge in [0.2, 0.25) is 0 Å². The number of thioether (sulfide) groups is 1. The molecule has 0 aliphatic carbocycles. The smallest absolute Gasteiger partial charge is 0.148 e. The molecule has 1 rings (SSSR count). The molecule has 0 saturated heterocycles. The van der Waals surface area contributed by atoms with Crippen molar-refractivity contribution in [3.63, 3.8) is 0 Å². The number of hydrogen-bond donors (Lipinski definition) is 1. The lowest BCUT2D eigenvalue weighted by Gasteiger charge is -2.09. The summed E-state index contributed by atoms with van der Waals surface area (Å²) in [7, 11) is 1.64. The van der Waals surface area contributed by atoms with E-state index in [9.17, 15) is 0 Å². The van der Waals surface area contributed by atoms with Crippen LogP contribution in [0.3, 0.4) is 0 Å². The van der Waals surface area contributed by atoms with E-state index in [4.69, 9.17) is 10.5 Å². The van der Waals surface area contributed by atoms with E-state index in [0.717, 1.165) is 5.71 Å². The van der Waals surface area contributed by atoms with E-state index in [1.807, 2.05) is 11.5 Å². The number of methoxy groups -OCH3 is 1. The molecule has 0 saturated carbocycles. The van der Waals surface area contributed by atoms with E-state index in [2.05, 4.69) is 4.99 Å². The first-order valence-electron chi connectivity index (χ1n) is 2.96. The SMILES string of the molecule is Br.COCC1=N[C@H](N)SC=C1. The molecule has 0 aromatic heterocycles. The quantitative estimate of drug-likeness (QED) is 0.786. The highest BCUT2D eigenvalue weighted by atomic mass is 79.9. The third-order valence-electron chi connectivity index (χ3n) is 1.06. The number of hydrogen-bond acceptors (Lipinski definition) is 4. The summed E-state index contributed by atoms with van der Waals surface area (Å²) in [6.45, 7) is 0.546. The van der Waals surface area contributed by atoms with Crippen LogP contribution in [0.4, 0.5) is 0 Å². The highest BCUT2D eigenvalue weighted by molar-refractivity contribution is 8.93. The third kappa shape index (κ3) is 3.91. The molecule has 0 radical (unpaired) electrons. The van der Waals surface area contributed by atoms with Crippen molar-refractivity contribution >= 4 is 34.5 Å². The summed E-state index contributed by atoms with van der Waals surface area (Å²) in [6, 6.07) is 0. The van der Waals surface area contributed by atoms with Crippen LogP contribution < -0.4 is 5.73 Å². The average molecular weight is 239 g/mol. The van der Waals surface area contributed by atoms with Crippen molar-refractivity contribution in [2.75, 3.05) is 13.7 Å². The Bertz CT molecular complexity index is 172. The van der Waals surface area contributed by atoms with Crippen molar-refractivity contribution in [1.82, 2.24) is 0 Å². The average Bonchev–Trinajstić information content (AvgIpc) is 1.88. The van der Waals surface area contributed by atoms with Crippen LogP contribution in [0.25, 0.3) is 0 Å². The van der Waals surface area contributed by atoms with Crippen molar-refractivity contribution in [1.29, 1.82) is 0 Å². The van der Waals surface area contributed by atoms with Crippen LogP contribution in [0, 0.1) is 0 Å². The molecule has 0 fully saturated rings. The van der Waals surface area contributed by atoms with Crippen LogP contribution in [0.5, 0.6) is 0 Å². The second-order valence-electron chi connectivity index (χ2n) is 1.88. The zero-order valence-corrected chi connectivity index (χ0v) is 8.72. The molecule has 0 spiro atoms. The third-order valence-corrected chi connectivity index (χ3v) is 1.74. The topological polar surface area (TPSA) is 47.6 Å². The molecule has 0 aromatic rings. The first kappa shape index (κ1) is 11.2. The van der Waals surface area contributed by atoms with Gasteiger partial charge in [-0.2, -0.15) is 0 Å². The number of halogens is 1. The monoisotopic (exact) mass is 238 g/mol. The van der Waals surface area contributed by atoms with E-state index in [1.165, 1.54) is 11.8 Å². The predicted molar refractivity (Wildman–Crippen MR) is 54.3 cm³/mol. The molecular formula is C6H11BrN2OS. The molecule has 1 aliphatic rings. The molecule has 64 valence electrons. The molecule has 1 heterocycles. The molecule has 0 aromatic carbocycles. The maximum absolute atomic E-state index is 5.52. The number of nitrogens with two attached hydrogens (primary N) is 1. The minimum Gasteiger partial charge on any atom is -0.378 e. The zero-order chi connectivity index (χ0) is 7.40. The van der Waals surface area contributed by atoms with Gasteiger partial charge in [0, 0.05) is 7.11 Å². The van der Waals surface area contributed by atoms with Gasteiger partial charge in [0.05, 0.1) is 12.3 Å². The molecule has 3 nitrogen and oxygen atoms in total. The lowest BCUT2D eigenvalue weighted by molar-refractivity contribution is 0.245. The Kier molecular flexibility index (Phi) is 5.85. The number of aliphatic imine (C=N–C) groups is 1. The molecule has 5 heteroatoms. The molecule has 2 N–H and O–H groups in total. The summed E-state index contributed by atoms with van der Waals surface area (Å²) >= 11 is 1.50. The van der Waals surface area contributed by atoms with E-state index in [1.54, 1.807) is 7.11 Å². The van der Waals surface area contributed by atoms with Crippen LogP contribution in [-0.2, 0) is 4.74 Å². The van der Waals surface area contributed by atoms with Crippen molar-refractivity contribution in [3.05, 3.63) is 11.5 Å². The minimum atomic E-state index is -0.143. The summed E-state index contributed by atoms with van der Waals surface area (Å²) in [5.41, 5.74) is 6.29. The highest BCUT2D eigenvalue weighted by Crippen LogP contribution is 2.13. The first-order valence-corrected chi connectivity index (χ1v) is 3.90. The van der Waals surface area contributed by atoms with Crippen molar-refractivity contribution in [3.8, 4) is 0 Å². The largest absolute Gasteiger partial charge is 0.378 e. The maximum Gasteiger partial charge on any atom is 0.148 e. The molecule has 0 bridgehead atoms. The van der Waals surface area contributed by atoms with Gasteiger partial charge in [0.15, 0.2) is 0 Å². The Balaban J connectivity index is 0.000001000. The molecule has 1 aliphatic heterocycles. The van der Waals surface area contributed by atoms with Crippen LogP contribution in [-0.4, -0.2) is 24.9 Å². The van der Waals surface area contributed by atoms with E-state index in [0.29, 0.717) is 6.61 Å². The van der Waals surface area contributed by atoms with Gasteiger partial charge < -0.3 is 10.5 Å². The van der Waals surface area contributed by atoms with Crippen molar-refractivity contribution in [2.24, 2.45) is 10.7 Å². The van der Waals surface area contributed by atoms with E-state index in [-0.39, 0.29) is 22.5 Å². The second kappa shape index (κ2) is 5.77.